The molecule has 32 heavy (non-hydrogen) atoms. The molecule has 0 saturated carbocycles. The fourth-order valence-electron chi connectivity index (χ4n) is 1.76. The lowest BCUT2D eigenvalue weighted by Crippen LogP contribution is -2.43. The smallest absolute Gasteiger partial charge is 0.295 e. The summed E-state index contributed by atoms with van der Waals surface area (Å²) in [7, 11) is 34.8. The Morgan fingerprint density at radius 2 is 0.781 bits per heavy atom. The number of nitrogens with two attached hydrogens (primary N) is 2. The first-order valence-electron chi connectivity index (χ1n) is 6.78. The van der Waals surface area contributed by atoms with E-state index in [2.05, 4.69) is 107 Å². The van der Waals surface area contributed by atoms with Gasteiger partial charge in [0.15, 0.2) is 0 Å². The molecule has 29 heteroatoms. The summed E-state index contributed by atoms with van der Waals surface area (Å²) in [5.74, 6) is 0. The molecule has 0 aromatic heterocycles. The first kappa shape index (κ1) is 49.5. The van der Waals surface area contributed by atoms with Crippen molar-refractivity contribution in [3.05, 3.63) is 0 Å². The van der Waals surface area contributed by atoms with Crippen LogP contribution in [0.4, 0.5) is 0 Å². The van der Waals surface area contributed by atoms with Crippen molar-refractivity contribution < 1.29 is 4.12 Å². The Balaban J connectivity index is -0.00000131. The van der Waals surface area contributed by atoms with Crippen LogP contribution in [0.2, 0.25) is 0 Å². The molecule has 0 amide bonds. The zero-order valence-electron chi connectivity index (χ0n) is 15.1. The minimum atomic E-state index is -2.23. The zero-order valence-corrected chi connectivity index (χ0v) is 42.1. The van der Waals surface area contributed by atoms with E-state index in [0.29, 0.717) is 0 Å². The summed E-state index contributed by atoms with van der Waals surface area (Å²) in [6.45, 7) is -2.02. The standard InChI is InChI=1S/3CH4.H32N2OP24Si2/c;;;1-20(24(12)16-4)28(22(8)9,26(14)18-6)3-29(23(10)11,27(15)19-7)21(2)25(13)17-5/h3*1H4;16-19H,1-2,4-15H2. The monoisotopic (exact) mass is 924 g/mol. The van der Waals surface area contributed by atoms with Crippen LogP contribution < -0.4 is 11.0 Å². The van der Waals surface area contributed by atoms with Crippen LogP contribution >= 0.6 is 195 Å². The van der Waals surface area contributed by atoms with E-state index in [0.717, 1.165) is 31.8 Å². The first-order valence-corrected chi connectivity index (χ1v) is 55.5. The third-order valence-corrected chi connectivity index (χ3v) is 183. The third-order valence-electron chi connectivity index (χ3n) is 3.18. The summed E-state index contributed by atoms with van der Waals surface area (Å²) in [6.07, 6.45) is 0. The van der Waals surface area contributed by atoms with Crippen LogP contribution in [-0.2, 0) is 4.12 Å². The largest absolute Gasteiger partial charge is 0.432 e. The van der Waals surface area contributed by atoms with Crippen molar-refractivity contribution >= 4 is 210 Å². The van der Waals surface area contributed by atoms with Gasteiger partial charge in [0.2, 0.25) is 0 Å². The van der Waals surface area contributed by atoms with E-state index < -0.39 is 43.0 Å². The van der Waals surface area contributed by atoms with Crippen molar-refractivity contribution in [2.75, 3.05) is 0 Å². The molecule has 0 fully saturated rings. The van der Waals surface area contributed by atoms with Gasteiger partial charge in [-0.2, -0.15) is 0 Å². The summed E-state index contributed by atoms with van der Waals surface area (Å²) in [4.78, 5) is 0. The lowest BCUT2D eigenvalue weighted by molar-refractivity contribution is 0.649. The average Bonchev–Trinajstić information content (AvgIpc) is 2.70. The molecule has 0 radical (unpaired) electrons. The maximum Gasteiger partial charge on any atom is 0.295 e. The first-order chi connectivity index (χ1) is 13.3. The molecule has 4 N–H and O–H groups in total. The molecule has 200 valence electrons. The van der Waals surface area contributed by atoms with E-state index >= 15 is 0 Å². The quantitative estimate of drug-likeness (QED) is 0.135. The van der Waals surface area contributed by atoms with E-state index in [1.54, 1.807) is 0 Å². The predicted octanol–water partition coefficient (Wildman–Crippen LogP) is 13.1. The molecule has 3 nitrogen and oxygen atoms in total. The second kappa shape index (κ2) is 25.8. The topological polar surface area (TPSA) is 61.3 Å². The van der Waals surface area contributed by atoms with Gasteiger partial charge in [0, 0.05) is 14.6 Å². The van der Waals surface area contributed by atoms with Gasteiger partial charge in [0.25, 0.3) is 14.6 Å². The van der Waals surface area contributed by atoms with Crippen molar-refractivity contribution in [1.82, 2.24) is 0 Å². The van der Waals surface area contributed by atoms with Crippen molar-refractivity contribution in [2.45, 2.75) is 22.3 Å². The van der Waals surface area contributed by atoms with Crippen molar-refractivity contribution in [1.29, 1.82) is 0 Å². The SMILES string of the molecule is C.C.C.NP(P(P)PP)[Si](O[Si](P(P)P)(P(P)PP)P(N)P(P)PP)(P(P)P)P(P)PP. The maximum absolute atomic E-state index is 7.88. The Morgan fingerprint density at radius 3 is 0.938 bits per heavy atom. The van der Waals surface area contributed by atoms with Gasteiger partial charge in [-0.3, -0.25) is 0 Å². The molecule has 24 atom stereocenters. The molecule has 24 unspecified atom stereocenters. The Bertz CT molecular complexity index is 437. The summed E-state index contributed by atoms with van der Waals surface area (Å²) in [6, 6.07) is 0. The van der Waals surface area contributed by atoms with Gasteiger partial charge in [-0.25, -0.2) is 0 Å². The predicted molar refractivity (Wildman–Crippen MR) is 246 cm³/mol. The van der Waals surface area contributed by atoms with Crippen molar-refractivity contribution in [3.8, 4) is 0 Å². The minimum absolute atomic E-state index is 0. The second-order valence-corrected chi connectivity index (χ2v) is 106. The molecule has 0 aromatic rings. The zero-order chi connectivity index (χ0) is 23.2. The van der Waals surface area contributed by atoms with Crippen molar-refractivity contribution in [3.63, 3.8) is 0 Å². The highest BCUT2D eigenvalue weighted by atomic mass is 32.9. The Morgan fingerprint density at radius 1 is 0.531 bits per heavy atom. The van der Waals surface area contributed by atoms with Crippen LogP contribution in [-0.4, -0.2) is 14.6 Å². The van der Waals surface area contributed by atoms with Crippen LogP contribution in [0.3, 0.4) is 0 Å². The maximum atomic E-state index is 7.88. The molecule has 0 rings (SSSR count). The van der Waals surface area contributed by atoms with Crippen LogP contribution in [0.1, 0.15) is 22.3 Å². The van der Waals surface area contributed by atoms with Gasteiger partial charge < -0.3 is 15.1 Å². The van der Waals surface area contributed by atoms with Crippen molar-refractivity contribution in [2.24, 2.45) is 11.0 Å². The Labute approximate surface area is 244 Å². The highest BCUT2D eigenvalue weighted by molar-refractivity contribution is 9.02. The highest BCUT2D eigenvalue weighted by Crippen LogP contribution is 3.03. The van der Waals surface area contributed by atoms with E-state index in [-0.39, 0.29) is 49.9 Å². The lowest BCUT2D eigenvalue weighted by Gasteiger charge is -2.54. The van der Waals surface area contributed by atoms with Gasteiger partial charge in [0.1, 0.15) is 0 Å². The molecule has 0 heterocycles. The van der Waals surface area contributed by atoms with E-state index in [1.165, 1.54) is 0 Å². The van der Waals surface area contributed by atoms with E-state index in [9.17, 15) is 0 Å². The Hall–Kier alpha value is 10.6. The molecular weight excluding hydrogens is 880 g/mol. The molecule has 0 spiro atoms. The fraction of sp³-hybridized carbons (Fsp3) is 1.00. The van der Waals surface area contributed by atoms with E-state index in [1.807, 2.05) is 0 Å². The van der Waals surface area contributed by atoms with Crippen LogP contribution in [0.25, 0.3) is 0 Å². The molecule has 0 bridgehead atoms. The summed E-state index contributed by atoms with van der Waals surface area (Å²) >= 11 is 0. The number of hydrogen-bond acceptors (Lipinski definition) is 3. The molecular formula is C3H44N2OP24Si2. The van der Waals surface area contributed by atoms with E-state index in [4.69, 9.17) is 15.1 Å². The van der Waals surface area contributed by atoms with Gasteiger partial charge in [0.05, 0.1) is 0 Å². The summed E-state index contributed by atoms with van der Waals surface area (Å²) < 4.78 is 7.88. The molecule has 0 aromatic carbocycles. The lowest BCUT2D eigenvalue weighted by atomic mass is 12.0. The van der Waals surface area contributed by atoms with Crippen LogP contribution in [0.5, 0.6) is 0 Å². The van der Waals surface area contributed by atoms with Crippen LogP contribution in [0, 0.1) is 0 Å². The number of hydrogen-bond donors (Lipinski definition) is 2. The van der Waals surface area contributed by atoms with Gasteiger partial charge in [-0.1, -0.05) is 54.1 Å². The second-order valence-electron chi connectivity index (χ2n) is 4.70. The fourth-order valence-corrected chi connectivity index (χ4v) is 272. The van der Waals surface area contributed by atoms with Crippen LogP contribution in [0.15, 0.2) is 0 Å². The van der Waals surface area contributed by atoms with Gasteiger partial charge in [-0.15, -0.1) is 107 Å². The molecule has 0 aliphatic heterocycles. The molecule has 0 saturated heterocycles. The minimum Gasteiger partial charge on any atom is -0.432 e. The average molecular weight is 924 g/mol. The molecule has 0 aliphatic rings. The van der Waals surface area contributed by atoms with Gasteiger partial charge in [-0.05, 0) is 41.4 Å². The van der Waals surface area contributed by atoms with Gasteiger partial charge >= 0.3 is 0 Å². The Kier molecular flexibility index (Phi) is 39.9. The summed E-state index contributed by atoms with van der Waals surface area (Å²) in [5.41, 5.74) is 14.4. The third kappa shape index (κ3) is 13.6. The summed E-state index contributed by atoms with van der Waals surface area (Å²) in [5, 5.41) is 0. The number of rotatable bonds is 14. The molecule has 0 aliphatic carbocycles. The normalized spacial score (nSPS) is 22.5. The highest BCUT2D eigenvalue weighted by Gasteiger charge is 2.62.